The van der Waals surface area contributed by atoms with Crippen LogP contribution in [0, 0.1) is 0 Å². The fourth-order valence-corrected chi connectivity index (χ4v) is 3.66. The molecule has 5 rings (SSSR count). The lowest BCUT2D eigenvalue weighted by atomic mass is 10.1. The van der Waals surface area contributed by atoms with Gasteiger partial charge in [0.2, 0.25) is 0 Å². The predicted octanol–water partition coefficient (Wildman–Crippen LogP) is 2.78. The van der Waals surface area contributed by atoms with Gasteiger partial charge in [-0.25, -0.2) is 4.98 Å². The van der Waals surface area contributed by atoms with Gasteiger partial charge in [0.15, 0.2) is 11.6 Å². The Bertz CT molecular complexity index is 1130. The topological polar surface area (TPSA) is 67.2 Å². The Balaban J connectivity index is 1.25. The van der Waals surface area contributed by atoms with Crippen molar-refractivity contribution >= 4 is 22.5 Å². The molecule has 0 aliphatic carbocycles. The summed E-state index contributed by atoms with van der Waals surface area (Å²) in [7, 11) is 0. The van der Waals surface area contributed by atoms with E-state index in [4.69, 9.17) is 0 Å². The van der Waals surface area contributed by atoms with Crippen molar-refractivity contribution in [1.29, 1.82) is 0 Å². The zero-order valence-corrected chi connectivity index (χ0v) is 15.8. The first-order chi connectivity index (χ1) is 14.3. The summed E-state index contributed by atoms with van der Waals surface area (Å²) in [5.74, 6) is 1.64. The van der Waals surface area contributed by atoms with Gasteiger partial charge in [-0.1, -0.05) is 30.3 Å². The summed E-state index contributed by atoms with van der Waals surface area (Å²) in [4.78, 5) is 21.0. The number of imidazole rings is 1. The lowest BCUT2D eigenvalue weighted by Crippen LogP contribution is -2.49. The summed E-state index contributed by atoms with van der Waals surface area (Å²) < 4.78 is 1.82. The number of hydrogen-bond acceptors (Lipinski definition) is 5. The highest BCUT2D eigenvalue weighted by Crippen LogP contribution is 2.19. The average Bonchev–Trinajstić information content (AvgIpc) is 3.33. The highest BCUT2D eigenvalue weighted by Gasteiger charge is 2.23. The van der Waals surface area contributed by atoms with Gasteiger partial charge in [-0.2, -0.15) is 0 Å². The highest BCUT2D eigenvalue weighted by molar-refractivity contribution is 5.98. The van der Waals surface area contributed by atoms with Gasteiger partial charge in [0.25, 0.3) is 5.91 Å². The minimum atomic E-state index is 0.0805. The second-order valence-electron chi connectivity index (χ2n) is 7.06. The molecule has 0 saturated carbocycles. The molecule has 7 heteroatoms. The Morgan fingerprint density at radius 1 is 0.828 bits per heavy atom. The molecule has 0 bridgehead atoms. The lowest BCUT2D eigenvalue weighted by Gasteiger charge is -2.35. The van der Waals surface area contributed by atoms with Crippen LogP contribution in [0.2, 0.25) is 0 Å². The van der Waals surface area contributed by atoms with E-state index in [2.05, 4.69) is 26.1 Å². The van der Waals surface area contributed by atoms with Crippen molar-refractivity contribution < 1.29 is 4.79 Å². The molecular weight excluding hydrogens is 364 g/mol. The molecule has 0 radical (unpaired) electrons. The van der Waals surface area contributed by atoms with E-state index in [-0.39, 0.29) is 5.91 Å². The molecule has 1 aliphatic rings. The van der Waals surface area contributed by atoms with E-state index in [1.165, 1.54) is 0 Å². The smallest absolute Gasteiger partial charge is 0.253 e. The number of benzene rings is 2. The molecule has 2 aromatic carbocycles. The maximum absolute atomic E-state index is 12.9. The molecule has 0 atom stereocenters. The van der Waals surface area contributed by atoms with Crippen molar-refractivity contribution in [3.8, 4) is 5.82 Å². The number of aromatic nitrogens is 4. The molecule has 3 heterocycles. The molecule has 0 unspecified atom stereocenters. The van der Waals surface area contributed by atoms with Crippen molar-refractivity contribution in [2.24, 2.45) is 0 Å². The summed E-state index contributed by atoms with van der Waals surface area (Å²) >= 11 is 0. The van der Waals surface area contributed by atoms with Gasteiger partial charge in [-0.15, -0.1) is 10.2 Å². The SMILES string of the molecule is O=C(c1ccc2ccccc2c1)N1CCN(c2ccc(-n3ccnc3)nn2)CC1. The van der Waals surface area contributed by atoms with Gasteiger partial charge in [-0.3, -0.25) is 9.36 Å². The van der Waals surface area contributed by atoms with Crippen LogP contribution in [-0.2, 0) is 0 Å². The van der Waals surface area contributed by atoms with Crippen LogP contribution in [-0.4, -0.2) is 56.7 Å². The Morgan fingerprint density at radius 2 is 1.59 bits per heavy atom. The fraction of sp³-hybridized carbons (Fsp3) is 0.182. The standard InChI is InChI=1S/C22H20N6O/c29-22(19-6-5-17-3-1-2-4-18(17)15-19)27-13-11-26(12-14-27)20-7-8-21(25-24-20)28-10-9-23-16-28/h1-10,15-16H,11-14H2. The maximum Gasteiger partial charge on any atom is 0.253 e. The minimum Gasteiger partial charge on any atom is -0.352 e. The molecule has 144 valence electrons. The molecule has 4 aromatic rings. The number of rotatable bonds is 3. The first-order valence-corrected chi connectivity index (χ1v) is 9.63. The van der Waals surface area contributed by atoms with Gasteiger partial charge >= 0.3 is 0 Å². The molecular formula is C22H20N6O. The number of carbonyl (C=O) groups excluding carboxylic acids is 1. The fourth-order valence-electron chi connectivity index (χ4n) is 3.66. The van der Waals surface area contributed by atoms with E-state index in [1.54, 1.807) is 12.5 Å². The molecule has 29 heavy (non-hydrogen) atoms. The van der Waals surface area contributed by atoms with E-state index in [1.807, 2.05) is 64.2 Å². The number of carbonyl (C=O) groups is 1. The van der Waals surface area contributed by atoms with Gasteiger partial charge in [0, 0.05) is 44.1 Å². The molecule has 1 amide bonds. The van der Waals surface area contributed by atoms with Crippen LogP contribution in [0.4, 0.5) is 5.82 Å². The van der Waals surface area contributed by atoms with E-state index in [9.17, 15) is 4.79 Å². The van der Waals surface area contributed by atoms with Crippen LogP contribution in [0.3, 0.4) is 0 Å². The number of piperazine rings is 1. The highest BCUT2D eigenvalue weighted by atomic mass is 16.2. The monoisotopic (exact) mass is 384 g/mol. The summed E-state index contributed by atoms with van der Waals surface area (Å²) in [5.41, 5.74) is 0.738. The molecule has 1 saturated heterocycles. The van der Waals surface area contributed by atoms with Crippen molar-refractivity contribution in [1.82, 2.24) is 24.6 Å². The van der Waals surface area contributed by atoms with Crippen LogP contribution >= 0.6 is 0 Å². The average molecular weight is 384 g/mol. The summed E-state index contributed by atoms with van der Waals surface area (Å²) in [6.07, 6.45) is 5.24. The Morgan fingerprint density at radius 3 is 2.31 bits per heavy atom. The third kappa shape index (κ3) is 3.42. The van der Waals surface area contributed by atoms with Crippen LogP contribution in [0.15, 0.2) is 73.3 Å². The van der Waals surface area contributed by atoms with E-state index in [0.717, 1.165) is 41.1 Å². The number of amides is 1. The van der Waals surface area contributed by atoms with Crippen molar-refractivity contribution in [2.75, 3.05) is 31.1 Å². The number of fused-ring (bicyclic) bond motifs is 1. The Hall–Kier alpha value is -3.74. The second-order valence-corrected chi connectivity index (χ2v) is 7.06. The molecule has 0 spiro atoms. The van der Waals surface area contributed by atoms with E-state index >= 15 is 0 Å². The van der Waals surface area contributed by atoms with Gasteiger partial charge in [0.05, 0.1) is 0 Å². The van der Waals surface area contributed by atoms with Crippen LogP contribution in [0.25, 0.3) is 16.6 Å². The molecule has 2 aromatic heterocycles. The van der Waals surface area contributed by atoms with Crippen LogP contribution in [0.1, 0.15) is 10.4 Å². The number of nitrogens with zero attached hydrogens (tertiary/aromatic N) is 6. The molecule has 0 N–H and O–H groups in total. The zero-order chi connectivity index (χ0) is 19.6. The summed E-state index contributed by atoms with van der Waals surface area (Å²) in [6, 6.07) is 17.9. The molecule has 7 nitrogen and oxygen atoms in total. The van der Waals surface area contributed by atoms with E-state index < -0.39 is 0 Å². The minimum absolute atomic E-state index is 0.0805. The quantitative estimate of drug-likeness (QED) is 0.543. The van der Waals surface area contributed by atoms with Gasteiger partial charge in [-0.05, 0) is 35.0 Å². The molecule has 1 aliphatic heterocycles. The second kappa shape index (κ2) is 7.35. The summed E-state index contributed by atoms with van der Waals surface area (Å²) in [5, 5.41) is 10.9. The van der Waals surface area contributed by atoms with Crippen molar-refractivity contribution in [3.63, 3.8) is 0 Å². The Labute approximate surface area is 168 Å². The first kappa shape index (κ1) is 17.4. The van der Waals surface area contributed by atoms with Crippen molar-refractivity contribution in [2.45, 2.75) is 0 Å². The lowest BCUT2D eigenvalue weighted by molar-refractivity contribution is 0.0746. The van der Waals surface area contributed by atoms with Crippen LogP contribution < -0.4 is 4.90 Å². The third-order valence-corrected chi connectivity index (χ3v) is 5.29. The van der Waals surface area contributed by atoms with Gasteiger partial charge in [0.1, 0.15) is 6.33 Å². The zero-order valence-electron chi connectivity index (χ0n) is 15.8. The van der Waals surface area contributed by atoms with Gasteiger partial charge < -0.3 is 9.80 Å². The number of hydrogen-bond donors (Lipinski definition) is 0. The van der Waals surface area contributed by atoms with E-state index in [0.29, 0.717) is 13.1 Å². The third-order valence-electron chi connectivity index (χ3n) is 5.29. The van der Waals surface area contributed by atoms with Crippen molar-refractivity contribution in [3.05, 3.63) is 78.9 Å². The van der Waals surface area contributed by atoms with Crippen LogP contribution in [0.5, 0.6) is 0 Å². The predicted molar refractivity (Wildman–Crippen MR) is 111 cm³/mol. The largest absolute Gasteiger partial charge is 0.352 e. The molecule has 1 fully saturated rings. The maximum atomic E-state index is 12.9. The first-order valence-electron chi connectivity index (χ1n) is 9.63. The number of anilines is 1. The Kier molecular flexibility index (Phi) is 4.40. The summed E-state index contributed by atoms with van der Waals surface area (Å²) in [6.45, 7) is 2.80. The normalized spacial score (nSPS) is 14.3.